The fourth-order valence-corrected chi connectivity index (χ4v) is 2.45. The molecule has 2 aromatic rings. The van der Waals surface area contributed by atoms with E-state index in [9.17, 15) is 14.5 Å². The van der Waals surface area contributed by atoms with Crippen LogP contribution in [0.2, 0.25) is 0 Å². The summed E-state index contributed by atoms with van der Waals surface area (Å²) >= 11 is 1.26. The number of thioether (sulfide) groups is 1. The molecule has 0 unspecified atom stereocenters. The molecule has 0 bridgehead atoms. The van der Waals surface area contributed by atoms with E-state index in [-0.39, 0.29) is 17.0 Å². The molecule has 0 aliphatic rings. The Morgan fingerprint density at radius 2 is 2.33 bits per heavy atom. The number of nitro groups is 1. The van der Waals surface area contributed by atoms with Crippen LogP contribution >= 0.6 is 11.8 Å². The molecule has 0 radical (unpaired) electrons. The van der Waals surface area contributed by atoms with Gasteiger partial charge >= 0.3 is 0 Å². The smallest absolute Gasteiger partial charge is 0.276 e. The molecule has 1 aromatic heterocycles. The van der Waals surface area contributed by atoms with Gasteiger partial charge in [0.1, 0.15) is 5.82 Å². The lowest BCUT2D eigenvalue weighted by Gasteiger charge is -2.04. The number of hydrogen-bond acceptors (Lipinski definition) is 4. The van der Waals surface area contributed by atoms with Gasteiger partial charge in [-0.2, -0.15) is 0 Å². The molecule has 0 saturated heterocycles. The molecule has 2 rings (SSSR count). The third kappa shape index (κ3) is 2.51. The first-order chi connectivity index (χ1) is 8.59. The van der Waals surface area contributed by atoms with Crippen LogP contribution in [0.4, 0.5) is 10.1 Å². The van der Waals surface area contributed by atoms with Crippen molar-refractivity contribution in [2.45, 2.75) is 10.9 Å². The van der Waals surface area contributed by atoms with Crippen molar-refractivity contribution < 1.29 is 9.31 Å². The first-order valence-electron chi connectivity index (χ1n) is 5.11. The van der Waals surface area contributed by atoms with E-state index in [2.05, 4.69) is 4.98 Å². The highest BCUT2D eigenvalue weighted by atomic mass is 32.2. The fourth-order valence-electron chi connectivity index (χ4n) is 1.49. The largest absolute Gasteiger partial charge is 0.329 e. The number of nitrogens with zero attached hydrogens (tertiary/aromatic N) is 3. The average molecular weight is 267 g/mol. The van der Waals surface area contributed by atoms with E-state index in [0.717, 1.165) is 0 Å². The molecule has 94 valence electrons. The number of aromatic nitrogens is 2. The van der Waals surface area contributed by atoms with Gasteiger partial charge in [-0.25, -0.2) is 9.37 Å². The standard InChI is InChI=1S/C11H10FN3O2S/c1-14-6-5-13-11(14)18-7-8-9(12)3-2-4-10(8)15(16)17/h2-6H,7H2,1H3. The van der Waals surface area contributed by atoms with Crippen LogP contribution in [0.3, 0.4) is 0 Å². The van der Waals surface area contributed by atoms with Crippen molar-refractivity contribution in [1.29, 1.82) is 0 Å². The summed E-state index contributed by atoms with van der Waals surface area (Å²) in [5, 5.41) is 11.5. The Hall–Kier alpha value is -1.89. The summed E-state index contributed by atoms with van der Waals surface area (Å²) in [6.07, 6.45) is 3.39. The molecule has 18 heavy (non-hydrogen) atoms. The second-order valence-electron chi connectivity index (χ2n) is 3.60. The number of rotatable bonds is 4. The van der Waals surface area contributed by atoms with Crippen molar-refractivity contribution in [3.63, 3.8) is 0 Å². The van der Waals surface area contributed by atoms with Crippen LogP contribution in [0.25, 0.3) is 0 Å². The van der Waals surface area contributed by atoms with Crippen LogP contribution in [0.5, 0.6) is 0 Å². The van der Waals surface area contributed by atoms with E-state index in [1.165, 1.54) is 30.0 Å². The van der Waals surface area contributed by atoms with Crippen LogP contribution in [0.15, 0.2) is 35.7 Å². The van der Waals surface area contributed by atoms with Crippen molar-refractivity contribution in [2.75, 3.05) is 0 Å². The summed E-state index contributed by atoms with van der Waals surface area (Å²) in [5.41, 5.74) is -0.104. The van der Waals surface area contributed by atoms with E-state index >= 15 is 0 Å². The lowest BCUT2D eigenvalue weighted by atomic mass is 10.2. The molecule has 1 heterocycles. The molecule has 0 fully saturated rings. The van der Waals surface area contributed by atoms with Gasteiger partial charge in [0, 0.05) is 31.3 Å². The van der Waals surface area contributed by atoms with E-state index < -0.39 is 10.7 Å². The van der Waals surface area contributed by atoms with Crippen LogP contribution in [-0.2, 0) is 12.8 Å². The summed E-state index contributed by atoms with van der Waals surface area (Å²) in [6, 6.07) is 3.86. The van der Waals surface area contributed by atoms with E-state index in [4.69, 9.17) is 0 Å². The van der Waals surface area contributed by atoms with Crippen molar-refractivity contribution in [3.05, 3.63) is 52.1 Å². The van der Waals surface area contributed by atoms with Crippen molar-refractivity contribution in [2.24, 2.45) is 7.05 Å². The Kier molecular flexibility index (Phi) is 3.61. The Labute approximate surface area is 107 Å². The van der Waals surface area contributed by atoms with Crippen LogP contribution in [0, 0.1) is 15.9 Å². The van der Waals surface area contributed by atoms with Gasteiger partial charge in [-0.1, -0.05) is 17.8 Å². The minimum Gasteiger partial charge on any atom is -0.329 e. The van der Waals surface area contributed by atoms with Crippen LogP contribution in [0.1, 0.15) is 5.56 Å². The first-order valence-corrected chi connectivity index (χ1v) is 6.10. The van der Waals surface area contributed by atoms with Crippen molar-refractivity contribution in [1.82, 2.24) is 9.55 Å². The monoisotopic (exact) mass is 267 g/mol. The molecule has 0 amide bonds. The third-order valence-electron chi connectivity index (χ3n) is 2.41. The molecular weight excluding hydrogens is 257 g/mol. The van der Waals surface area contributed by atoms with E-state index in [1.807, 2.05) is 7.05 Å². The first kappa shape index (κ1) is 12.6. The van der Waals surface area contributed by atoms with Gasteiger partial charge in [-0.05, 0) is 6.07 Å². The summed E-state index contributed by atoms with van der Waals surface area (Å²) < 4.78 is 15.4. The summed E-state index contributed by atoms with van der Waals surface area (Å²) in [7, 11) is 1.81. The predicted molar refractivity (Wildman–Crippen MR) is 65.8 cm³/mol. The molecule has 0 N–H and O–H groups in total. The number of halogens is 1. The van der Waals surface area contributed by atoms with Gasteiger partial charge in [0.15, 0.2) is 5.16 Å². The molecular formula is C11H10FN3O2S. The minimum atomic E-state index is -0.572. The van der Waals surface area contributed by atoms with E-state index in [0.29, 0.717) is 5.16 Å². The minimum absolute atomic E-state index is 0.0931. The molecule has 0 atom stereocenters. The Morgan fingerprint density at radius 1 is 1.56 bits per heavy atom. The molecule has 7 heteroatoms. The molecule has 0 aliphatic carbocycles. The maximum atomic E-state index is 13.6. The van der Waals surface area contributed by atoms with Crippen molar-refractivity contribution >= 4 is 17.4 Å². The van der Waals surface area contributed by atoms with Gasteiger partial charge in [0.25, 0.3) is 5.69 Å². The van der Waals surface area contributed by atoms with Crippen LogP contribution < -0.4 is 0 Å². The Bertz CT molecular complexity index is 585. The van der Waals surface area contributed by atoms with Crippen molar-refractivity contribution in [3.8, 4) is 0 Å². The van der Waals surface area contributed by atoms with Gasteiger partial charge in [0.05, 0.1) is 10.5 Å². The highest BCUT2D eigenvalue weighted by molar-refractivity contribution is 7.98. The summed E-state index contributed by atoms with van der Waals surface area (Å²) in [5.74, 6) is -0.390. The zero-order valence-electron chi connectivity index (χ0n) is 9.54. The number of nitro benzene ring substituents is 1. The van der Waals surface area contributed by atoms with Crippen LogP contribution in [-0.4, -0.2) is 14.5 Å². The molecule has 5 nitrogen and oxygen atoms in total. The van der Waals surface area contributed by atoms with Gasteiger partial charge < -0.3 is 4.57 Å². The van der Waals surface area contributed by atoms with Gasteiger partial charge in [0.2, 0.25) is 0 Å². The van der Waals surface area contributed by atoms with Gasteiger partial charge in [-0.3, -0.25) is 10.1 Å². The Morgan fingerprint density at radius 3 is 2.94 bits per heavy atom. The summed E-state index contributed by atoms with van der Waals surface area (Å²) in [6.45, 7) is 0. The highest BCUT2D eigenvalue weighted by Crippen LogP contribution is 2.28. The second kappa shape index (κ2) is 5.18. The molecule has 1 aromatic carbocycles. The maximum absolute atomic E-state index is 13.6. The zero-order chi connectivity index (χ0) is 13.1. The Balaban J connectivity index is 2.24. The highest BCUT2D eigenvalue weighted by Gasteiger charge is 2.18. The second-order valence-corrected chi connectivity index (χ2v) is 4.55. The zero-order valence-corrected chi connectivity index (χ0v) is 10.4. The quantitative estimate of drug-likeness (QED) is 0.485. The lowest BCUT2D eigenvalue weighted by Crippen LogP contribution is -1.98. The lowest BCUT2D eigenvalue weighted by molar-refractivity contribution is -0.385. The normalized spacial score (nSPS) is 10.6. The topological polar surface area (TPSA) is 61.0 Å². The molecule has 0 aliphatic heterocycles. The maximum Gasteiger partial charge on any atom is 0.276 e. The SMILES string of the molecule is Cn1ccnc1SCc1c(F)cccc1[N+](=O)[O-]. The predicted octanol–water partition coefficient (Wildman–Crippen LogP) is 2.76. The summed E-state index contributed by atoms with van der Waals surface area (Å²) in [4.78, 5) is 14.3. The average Bonchev–Trinajstić information content (AvgIpc) is 2.73. The molecule has 0 saturated carbocycles. The number of imidazole rings is 1. The van der Waals surface area contributed by atoms with E-state index in [1.54, 1.807) is 17.0 Å². The fraction of sp³-hybridized carbons (Fsp3) is 0.182. The third-order valence-corrected chi connectivity index (χ3v) is 3.50. The number of benzene rings is 1. The number of aryl methyl sites for hydroxylation is 1. The van der Waals surface area contributed by atoms with Gasteiger partial charge in [-0.15, -0.1) is 0 Å². The molecule has 0 spiro atoms. The number of hydrogen-bond donors (Lipinski definition) is 0.